The summed E-state index contributed by atoms with van der Waals surface area (Å²) in [6.45, 7) is 5.97. The molecule has 0 bridgehead atoms. The molecule has 3 unspecified atom stereocenters. The highest BCUT2D eigenvalue weighted by atomic mass is 35.5. The van der Waals surface area contributed by atoms with Gasteiger partial charge in [-0.2, -0.15) is 0 Å². The number of rotatable bonds is 8. The molecule has 0 aliphatic carbocycles. The van der Waals surface area contributed by atoms with E-state index in [1.54, 1.807) is 30.5 Å². The fraction of sp³-hybridized carbons (Fsp3) is 0.258. The van der Waals surface area contributed by atoms with Gasteiger partial charge in [0.05, 0.1) is 16.0 Å². The lowest BCUT2D eigenvalue weighted by atomic mass is 9.87. The molecule has 2 heterocycles. The van der Waals surface area contributed by atoms with E-state index in [1.165, 1.54) is 6.92 Å². The van der Waals surface area contributed by atoms with Gasteiger partial charge in [-0.3, -0.25) is 9.78 Å². The Kier molecular flexibility index (Phi) is 7.89. The van der Waals surface area contributed by atoms with Crippen LogP contribution in [0, 0.1) is 11.8 Å². The highest BCUT2D eigenvalue weighted by Gasteiger charge is 2.39. The monoisotopic (exact) mass is 562 g/mol. The molecule has 0 saturated carbocycles. The average Bonchev–Trinajstić information content (AvgIpc) is 3.35. The average molecular weight is 563 g/mol. The van der Waals surface area contributed by atoms with Gasteiger partial charge >= 0.3 is 0 Å². The first-order valence-electron chi connectivity index (χ1n) is 12.8. The third-order valence-corrected chi connectivity index (χ3v) is 7.50. The molecule has 3 atom stereocenters. The lowest BCUT2D eigenvalue weighted by Crippen LogP contribution is -2.33. The number of aliphatic hydroxyl groups excluding tert-OH is 1. The first-order valence-corrected chi connectivity index (χ1v) is 13.5. The third kappa shape index (κ3) is 5.64. The quantitative estimate of drug-likeness (QED) is 0.229. The first kappa shape index (κ1) is 27.1. The predicted molar refractivity (Wildman–Crippen MR) is 155 cm³/mol. The van der Waals surface area contributed by atoms with Gasteiger partial charge in [-0.05, 0) is 65.8 Å². The van der Waals surface area contributed by atoms with Crippen LogP contribution in [0.3, 0.4) is 0 Å². The van der Waals surface area contributed by atoms with E-state index in [9.17, 15) is 9.90 Å². The summed E-state index contributed by atoms with van der Waals surface area (Å²) in [5.74, 6) is 0.406. The van der Waals surface area contributed by atoms with Crippen molar-refractivity contribution in [3.05, 3.63) is 94.2 Å². The van der Waals surface area contributed by atoms with Crippen LogP contribution in [0.25, 0.3) is 21.9 Å². The molecule has 0 radical (unpaired) electrons. The molecule has 3 aromatic carbocycles. The van der Waals surface area contributed by atoms with Gasteiger partial charge in [0, 0.05) is 17.1 Å². The number of carbonyl (C=O) groups is 1. The molecule has 200 valence electrons. The lowest BCUT2D eigenvalue weighted by molar-refractivity contribution is 0.0178. The van der Waals surface area contributed by atoms with Crippen LogP contribution in [0.5, 0.6) is 5.75 Å². The van der Waals surface area contributed by atoms with Crippen molar-refractivity contribution in [2.75, 3.05) is 6.61 Å². The normalized spacial score (nSPS) is 17.7. The first-order chi connectivity index (χ1) is 18.7. The molecule has 6 nitrogen and oxygen atoms in total. The lowest BCUT2D eigenvalue weighted by Gasteiger charge is -2.23. The number of nitrogens with zero attached hydrogens (tertiary/aromatic N) is 2. The summed E-state index contributed by atoms with van der Waals surface area (Å²) in [6, 6.07) is 20.9. The summed E-state index contributed by atoms with van der Waals surface area (Å²) in [5.41, 5.74) is 3.66. The zero-order chi connectivity index (χ0) is 27.7. The molecule has 0 spiro atoms. The highest BCUT2D eigenvalue weighted by molar-refractivity contribution is 6.40. The second-order valence-electron chi connectivity index (χ2n) is 10.0. The number of ketones is 1. The Balaban J connectivity index is 1.32. The number of hydrogen-bond donors (Lipinski definition) is 1. The van der Waals surface area contributed by atoms with E-state index in [2.05, 4.69) is 24.0 Å². The minimum atomic E-state index is -1.08. The number of oxime groups is 1. The third-order valence-electron chi connectivity index (χ3n) is 6.87. The summed E-state index contributed by atoms with van der Waals surface area (Å²) < 4.78 is 6.21. The summed E-state index contributed by atoms with van der Waals surface area (Å²) >= 11 is 12.9. The molecule has 1 aromatic heterocycles. The van der Waals surface area contributed by atoms with Crippen molar-refractivity contribution in [3.8, 4) is 16.9 Å². The summed E-state index contributed by atoms with van der Waals surface area (Å²) in [4.78, 5) is 22.1. The summed E-state index contributed by atoms with van der Waals surface area (Å²) in [6.07, 6.45) is 0.417. The van der Waals surface area contributed by atoms with E-state index >= 15 is 0 Å². The SMILES string of the molecule is CC(O)C(=O)c1cc2ccc(-c3ccc(OCC4C(c5c(Cl)cccc5Cl)=NOC4C(C)C)cc3)cc2cn1. The number of aromatic nitrogens is 1. The van der Waals surface area contributed by atoms with Crippen molar-refractivity contribution in [1.82, 2.24) is 4.98 Å². The zero-order valence-corrected chi connectivity index (χ0v) is 23.3. The number of pyridine rings is 1. The van der Waals surface area contributed by atoms with Crippen LogP contribution in [0.1, 0.15) is 36.8 Å². The Hall–Kier alpha value is -3.45. The van der Waals surface area contributed by atoms with Gasteiger partial charge < -0.3 is 14.7 Å². The number of fused-ring (bicyclic) bond motifs is 1. The van der Waals surface area contributed by atoms with Crippen LogP contribution in [-0.4, -0.2) is 40.4 Å². The number of benzene rings is 3. The Bertz CT molecular complexity index is 1530. The standard InChI is InChI=1S/C31H28Cl2N2O4/c1-17(2)31-24(29(35-39-31)28-25(32)5-4-6-26(28)33)16-38-23-11-9-19(10-12-23)20-7-8-21-14-27(30(37)18(3)36)34-15-22(21)13-20/h4-15,17-18,24,31,36H,16H2,1-3H3. The van der Waals surface area contributed by atoms with E-state index in [4.69, 9.17) is 32.8 Å². The van der Waals surface area contributed by atoms with Gasteiger partial charge in [-0.25, -0.2) is 0 Å². The summed E-state index contributed by atoms with van der Waals surface area (Å²) in [5, 5.41) is 16.8. The van der Waals surface area contributed by atoms with Gasteiger partial charge in [0.15, 0.2) is 0 Å². The van der Waals surface area contributed by atoms with Crippen LogP contribution >= 0.6 is 23.2 Å². The molecular formula is C31H28Cl2N2O4. The number of carbonyl (C=O) groups excluding carboxylic acids is 1. The second-order valence-corrected chi connectivity index (χ2v) is 10.8. The highest BCUT2D eigenvalue weighted by Crippen LogP contribution is 2.35. The smallest absolute Gasteiger partial charge is 0.209 e. The van der Waals surface area contributed by atoms with Crippen LogP contribution in [0.4, 0.5) is 0 Å². The van der Waals surface area contributed by atoms with Crippen LogP contribution in [0.2, 0.25) is 10.0 Å². The molecule has 1 aliphatic rings. The Morgan fingerprint density at radius 3 is 2.33 bits per heavy atom. The molecule has 0 fully saturated rings. The van der Waals surface area contributed by atoms with E-state index in [1.807, 2.05) is 42.5 Å². The Morgan fingerprint density at radius 2 is 1.67 bits per heavy atom. The van der Waals surface area contributed by atoms with Crippen molar-refractivity contribution in [1.29, 1.82) is 0 Å². The molecule has 1 aliphatic heterocycles. The Labute approximate surface area is 237 Å². The largest absolute Gasteiger partial charge is 0.493 e. The fourth-order valence-electron chi connectivity index (χ4n) is 4.75. The van der Waals surface area contributed by atoms with Crippen molar-refractivity contribution in [2.45, 2.75) is 33.0 Å². The maximum atomic E-state index is 12.1. The predicted octanol–water partition coefficient (Wildman–Crippen LogP) is 7.23. The van der Waals surface area contributed by atoms with Crippen molar-refractivity contribution < 1.29 is 19.5 Å². The molecule has 39 heavy (non-hydrogen) atoms. The van der Waals surface area contributed by atoms with E-state index in [0.29, 0.717) is 27.9 Å². The molecule has 5 rings (SSSR count). The number of Topliss-reactive ketones (excluding diaryl/α,β-unsaturated/α-hetero) is 1. The molecular weight excluding hydrogens is 535 g/mol. The van der Waals surface area contributed by atoms with Gasteiger partial charge in [-0.1, -0.05) is 72.5 Å². The number of hydrogen-bond acceptors (Lipinski definition) is 6. The maximum absolute atomic E-state index is 12.1. The van der Waals surface area contributed by atoms with Crippen LogP contribution in [0.15, 0.2) is 78.1 Å². The minimum absolute atomic E-state index is 0.138. The minimum Gasteiger partial charge on any atom is -0.493 e. The van der Waals surface area contributed by atoms with Crippen LogP contribution < -0.4 is 4.74 Å². The van der Waals surface area contributed by atoms with Gasteiger partial charge in [-0.15, -0.1) is 0 Å². The molecule has 0 saturated heterocycles. The van der Waals surface area contributed by atoms with E-state index in [0.717, 1.165) is 27.6 Å². The van der Waals surface area contributed by atoms with Crippen molar-refractivity contribution in [2.24, 2.45) is 17.0 Å². The van der Waals surface area contributed by atoms with Gasteiger partial charge in [0.1, 0.15) is 36.0 Å². The number of halogens is 2. The van der Waals surface area contributed by atoms with Crippen LogP contribution in [-0.2, 0) is 4.84 Å². The molecule has 4 aromatic rings. The number of ether oxygens (including phenoxy) is 1. The van der Waals surface area contributed by atoms with Gasteiger partial charge in [0.25, 0.3) is 0 Å². The number of aliphatic hydroxyl groups is 1. The van der Waals surface area contributed by atoms with E-state index in [-0.39, 0.29) is 23.6 Å². The topological polar surface area (TPSA) is 81.0 Å². The zero-order valence-electron chi connectivity index (χ0n) is 21.8. The molecule has 1 N–H and O–H groups in total. The molecule has 8 heteroatoms. The van der Waals surface area contributed by atoms with Crippen molar-refractivity contribution >= 4 is 45.5 Å². The van der Waals surface area contributed by atoms with Gasteiger partial charge in [0.2, 0.25) is 5.78 Å². The van der Waals surface area contributed by atoms with Crippen molar-refractivity contribution in [3.63, 3.8) is 0 Å². The fourth-order valence-corrected chi connectivity index (χ4v) is 5.34. The second kappa shape index (κ2) is 11.3. The summed E-state index contributed by atoms with van der Waals surface area (Å²) in [7, 11) is 0. The maximum Gasteiger partial charge on any atom is 0.209 e. The molecule has 0 amide bonds. The Morgan fingerprint density at radius 1 is 0.974 bits per heavy atom. The van der Waals surface area contributed by atoms with E-state index < -0.39 is 11.9 Å².